The summed E-state index contributed by atoms with van der Waals surface area (Å²) in [6.45, 7) is 5.37. The van der Waals surface area contributed by atoms with Gasteiger partial charge in [-0.15, -0.1) is 0 Å². The van der Waals surface area contributed by atoms with Crippen LogP contribution in [0.25, 0.3) is 0 Å². The molecule has 0 spiro atoms. The van der Waals surface area contributed by atoms with Gasteiger partial charge in [-0.25, -0.2) is 0 Å². The van der Waals surface area contributed by atoms with Crippen molar-refractivity contribution in [2.45, 2.75) is 20.0 Å². The molecule has 2 N–H and O–H groups in total. The van der Waals surface area contributed by atoms with Crippen molar-refractivity contribution in [1.82, 2.24) is 10.6 Å². The molecular formula is C20H24N2O2. The molecule has 126 valence electrons. The van der Waals surface area contributed by atoms with E-state index in [0.717, 1.165) is 36.5 Å². The third kappa shape index (κ3) is 4.83. The van der Waals surface area contributed by atoms with Crippen LogP contribution in [0.4, 0.5) is 0 Å². The lowest BCUT2D eigenvalue weighted by molar-refractivity contribution is -0.120. The Morgan fingerprint density at radius 1 is 1.17 bits per heavy atom. The molecule has 1 heterocycles. The van der Waals surface area contributed by atoms with E-state index >= 15 is 0 Å². The monoisotopic (exact) mass is 324 g/mol. The molecule has 2 aromatic rings. The van der Waals surface area contributed by atoms with Crippen molar-refractivity contribution in [2.75, 3.05) is 19.6 Å². The molecule has 1 aliphatic rings. The molecule has 0 aliphatic carbocycles. The van der Waals surface area contributed by atoms with Gasteiger partial charge in [-0.05, 0) is 30.2 Å². The zero-order valence-corrected chi connectivity index (χ0v) is 14.0. The first-order chi connectivity index (χ1) is 11.7. The van der Waals surface area contributed by atoms with Crippen LogP contribution in [0.15, 0.2) is 48.5 Å². The third-order valence-electron chi connectivity index (χ3n) is 4.21. The Morgan fingerprint density at radius 3 is 2.71 bits per heavy atom. The highest BCUT2D eigenvalue weighted by Gasteiger charge is 2.17. The van der Waals surface area contributed by atoms with Crippen LogP contribution < -0.4 is 15.4 Å². The van der Waals surface area contributed by atoms with E-state index in [2.05, 4.69) is 35.8 Å². The standard InChI is InChI=1S/C20H24N2O2/c1-15-4-2-6-17(8-15)14-24-19-7-3-5-16(9-19)10-20(23)22-13-18-11-21-12-18/h2-9,18,21H,10-14H2,1H3,(H,22,23). The number of rotatable bonds is 7. The Balaban J connectivity index is 1.50. The van der Waals surface area contributed by atoms with Gasteiger partial charge in [0, 0.05) is 25.6 Å². The Hall–Kier alpha value is -2.33. The van der Waals surface area contributed by atoms with Crippen LogP contribution in [-0.2, 0) is 17.8 Å². The number of aryl methyl sites for hydroxylation is 1. The van der Waals surface area contributed by atoms with Gasteiger partial charge in [-0.3, -0.25) is 4.79 Å². The molecule has 1 saturated heterocycles. The fourth-order valence-corrected chi connectivity index (χ4v) is 2.71. The highest BCUT2D eigenvalue weighted by atomic mass is 16.5. The molecule has 0 unspecified atom stereocenters. The number of amides is 1. The normalized spacial score (nSPS) is 14.0. The Bertz CT molecular complexity index is 696. The number of carbonyl (C=O) groups excluding carboxylic acids is 1. The zero-order valence-electron chi connectivity index (χ0n) is 14.0. The Morgan fingerprint density at radius 2 is 1.96 bits per heavy atom. The average molecular weight is 324 g/mol. The number of hydrogen-bond donors (Lipinski definition) is 2. The predicted molar refractivity (Wildman–Crippen MR) is 95.0 cm³/mol. The smallest absolute Gasteiger partial charge is 0.224 e. The van der Waals surface area contributed by atoms with E-state index < -0.39 is 0 Å². The van der Waals surface area contributed by atoms with Crippen LogP contribution in [0, 0.1) is 12.8 Å². The lowest BCUT2D eigenvalue weighted by atomic mass is 10.0. The molecule has 0 radical (unpaired) electrons. The van der Waals surface area contributed by atoms with Crippen LogP contribution in [-0.4, -0.2) is 25.5 Å². The maximum atomic E-state index is 12.0. The highest BCUT2D eigenvalue weighted by Crippen LogP contribution is 2.16. The molecule has 24 heavy (non-hydrogen) atoms. The molecule has 4 nitrogen and oxygen atoms in total. The van der Waals surface area contributed by atoms with Crippen LogP contribution >= 0.6 is 0 Å². The molecule has 0 atom stereocenters. The summed E-state index contributed by atoms with van der Waals surface area (Å²) >= 11 is 0. The van der Waals surface area contributed by atoms with Crippen molar-refractivity contribution in [3.05, 3.63) is 65.2 Å². The zero-order chi connectivity index (χ0) is 16.8. The van der Waals surface area contributed by atoms with E-state index in [1.165, 1.54) is 5.56 Å². The van der Waals surface area contributed by atoms with E-state index in [-0.39, 0.29) is 5.91 Å². The summed E-state index contributed by atoms with van der Waals surface area (Å²) in [4.78, 5) is 12.0. The maximum Gasteiger partial charge on any atom is 0.224 e. The number of hydrogen-bond acceptors (Lipinski definition) is 3. The molecule has 2 aromatic carbocycles. The van der Waals surface area contributed by atoms with Crippen molar-refractivity contribution in [2.24, 2.45) is 5.92 Å². The molecule has 1 amide bonds. The summed E-state index contributed by atoms with van der Waals surface area (Å²) in [7, 11) is 0. The minimum Gasteiger partial charge on any atom is -0.489 e. The Kier molecular flexibility index (Phi) is 5.49. The van der Waals surface area contributed by atoms with Gasteiger partial charge < -0.3 is 15.4 Å². The number of benzene rings is 2. The first kappa shape index (κ1) is 16.5. The van der Waals surface area contributed by atoms with E-state index in [4.69, 9.17) is 4.74 Å². The first-order valence-electron chi connectivity index (χ1n) is 8.44. The summed E-state index contributed by atoms with van der Waals surface area (Å²) in [5, 5.41) is 6.20. The SMILES string of the molecule is Cc1cccc(COc2cccc(CC(=O)NCC3CNC3)c2)c1. The minimum absolute atomic E-state index is 0.0673. The molecule has 1 fully saturated rings. The van der Waals surface area contributed by atoms with Crippen LogP contribution in [0.1, 0.15) is 16.7 Å². The molecule has 0 saturated carbocycles. The van der Waals surface area contributed by atoms with Crippen molar-refractivity contribution in [3.63, 3.8) is 0 Å². The van der Waals surface area contributed by atoms with E-state index in [1.807, 2.05) is 30.3 Å². The second-order valence-electron chi connectivity index (χ2n) is 6.43. The average Bonchev–Trinajstić information content (AvgIpc) is 2.52. The minimum atomic E-state index is 0.0673. The Labute approximate surface area is 143 Å². The largest absolute Gasteiger partial charge is 0.489 e. The summed E-state index contributed by atoms with van der Waals surface area (Å²) in [5.41, 5.74) is 3.34. The first-order valence-corrected chi connectivity index (χ1v) is 8.44. The molecule has 0 bridgehead atoms. The lowest BCUT2D eigenvalue weighted by Crippen LogP contribution is -2.48. The summed E-state index contributed by atoms with van der Waals surface area (Å²) in [6.07, 6.45) is 0.391. The quantitative estimate of drug-likeness (QED) is 0.822. The highest BCUT2D eigenvalue weighted by molar-refractivity contribution is 5.78. The van der Waals surface area contributed by atoms with Gasteiger partial charge in [0.25, 0.3) is 0 Å². The predicted octanol–water partition coefficient (Wildman–Crippen LogP) is 2.45. The van der Waals surface area contributed by atoms with Crippen LogP contribution in [0.2, 0.25) is 0 Å². The van der Waals surface area contributed by atoms with Gasteiger partial charge in [0.15, 0.2) is 0 Å². The van der Waals surface area contributed by atoms with Crippen molar-refractivity contribution in [3.8, 4) is 5.75 Å². The van der Waals surface area contributed by atoms with Gasteiger partial charge in [-0.1, -0.05) is 42.0 Å². The topological polar surface area (TPSA) is 50.4 Å². The van der Waals surface area contributed by atoms with Gasteiger partial charge in [0.05, 0.1) is 6.42 Å². The summed E-state index contributed by atoms with van der Waals surface area (Å²) in [5.74, 6) is 1.45. The second kappa shape index (κ2) is 7.97. The maximum absolute atomic E-state index is 12.0. The molecular weight excluding hydrogens is 300 g/mol. The molecule has 1 aliphatic heterocycles. The van der Waals surface area contributed by atoms with Crippen molar-refractivity contribution < 1.29 is 9.53 Å². The number of nitrogens with one attached hydrogen (secondary N) is 2. The third-order valence-corrected chi connectivity index (χ3v) is 4.21. The molecule has 0 aromatic heterocycles. The van der Waals surface area contributed by atoms with Crippen molar-refractivity contribution in [1.29, 1.82) is 0 Å². The second-order valence-corrected chi connectivity index (χ2v) is 6.43. The summed E-state index contributed by atoms with van der Waals surface area (Å²) in [6, 6.07) is 16.0. The fraction of sp³-hybridized carbons (Fsp3) is 0.350. The van der Waals surface area contributed by atoms with Crippen molar-refractivity contribution >= 4 is 5.91 Å². The van der Waals surface area contributed by atoms with E-state index in [9.17, 15) is 4.79 Å². The van der Waals surface area contributed by atoms with Gasteiger partial charge in [-0.2, -0.15) is 0 Å². The summed E-state index contributed by atoms with van der Waals surface area (Å²) < 4.78 is 5.85. The van der Waals surface area contributed by atoms with Crippen LogP contribution in [0.3, 0.4) is 0 Å². The van der Waals surface area contributed by atoms with E-state index in [0.29, 0.717) is 18.9 Å². The van der Waals surface area contributed by atoms with Gasteiger partial charge >= 0.3 is 0 Å². The van der Waals surface area contributed by atoms with Gasteiger partial charge in [0.2, 0.25) is 5.91 Å². The lowest BCUT2D eigenvalue weighted by Gasteiger charge is -2.27. The number of ether oxygens (including phenoxy) is 1. The van der Waals surface area contributed by atoms with Gasteiger partial charge in [0.1, 0.15) is 12.4 Å². The fourth-order valence-electron chi connectivity index (χ4n) is 2.71. The molecule has 4 heteroatoms. The molecule has 3 rings (SSSR count). The number of carbonyl (C=O) groups is 1. The van der Waals surface area contributed by atoms with Crippen LogP contribution in [0.5, 0.6) is 5.75 Å². The van der Waals surface area contributed by atoms with E-state index in [1.54, 1.807) is 0 Å².